The summed E-state index contributed by atoms with van der Waals surface area (Å²) in [5.74, 6) is 0. The molecule has 0 aromatic heterocycles. The van der Waals surface area contributed by atoms with Gasteiger partial charge in [0.05, 0.1) is 0 Å². The maximum atomic E-state index is 6.99. The highest BCUT2D eigenvalue weighted by Gasteiger charge is 1.95. The third kappa shape index (κ3) is 0. The van der Waals surface area contributed by atoms with E-state index in [-0.39, 0.29) is 0 Å². The van der Waals surface area contributed by atoms with Crippen molar-refractivity contribution in [2.45, 2.75) is 27.6 Å². The molecule has 0 spiro atoms. The zero-order chi connectivity index (χ0) is 9.28. The van der Waals surface area contributed by atoms with Gasteiger partial charge in [-0.15, -0.1) is 0 Å². The molecule has 0 aromatic carbocycles. The van der Waals surface area contributed by atoms with Crippen LogP contribution in [0.3, 0.4) is 0 Å². The van der Waals surface area contributed by atoms with Crippen molar-refractivity contribution in [2.75, 3.05) is 0 Å². The lowest BCUT2D eigenvalue weighted by molar-refractivity contribution is 0.469. The van der Waals surface area contributed by atoms with E-state index in [1.54, 1.807) is 0 Å². The van der Waals surface area contributed by atoms with Crippen molar-refractivity contribution in [3.8, 4) is 0 Å². The van der Waals surface area contributed by atoms with Gasteiger partial charge in [0.1, 0.15) is 0 Å². The van der Waals surface area contributed by atoms with Gasteiger partial charge in [0.2, 0.25) is 0 Å². The van der Waals surface area contributed by atoms with Crippen LogP contribution in [0.4, 0.5) is 0 Å². The van der Waals surface area contributed by atoms with Gasteiger partial charge >= 0.3 is 0 Å². The molecule has 0 bridgehead atoms. The molecule has 0 radical (unpaired) electrons. The first-order valence-corrected chi connectivity index (χ1v) is 1.39. The van der Waals surface area contributed by atoms with Crippen LogP contribution in [-0.4, -0.2) is 0 Å². The average Bonchev–Trinajstić information content (AvgIpc) is 1.83. The van der Waals surface area contributed by atoms with Crippen LogP contribution in [0.15, 0.2) is 0 Å². The van der Waals surface area contributed by atoms with Gasteiger partial charge < -0.3 is 0 Å². The second-order valence-electron chi connectivity index (χ2n) is 1.42. The topological polar surface area (TPSA) is 0 Å². The first-order chi connectivity index (χ1) is 4.75. The van der Waals surface area contributed by atoms with Crippen LogP contribution >= 0.6 is 0 Å². The molecule has 1 atom stereocenters. The molecule has 0 fully saturated rings. The Kier molecular flexibility index (Phi) is 0.160. The summed E-state index contributed by atoms with van der Waals surface area (Å²) in [6, 6.07) is 0. The van der Waals surface area contributed by atoms with Crippen molar-refractivity contribution >= 4 is 0 Å². The van der Waals surface area contributed by atoms with Crippen LogP contribution in [0.5, 0.6) is 0 Å². The Morgan fingerprint density at radius 2 is 2.60 bits per heavy atom. The number of hydrogen-bond acceptors (Lipinski definition) is 0. The Bertz CT molecular complexity index is 127. The van der Waals surface area contributed by atoms with Crippen molar-refractivity contribution in [1.82, 2.24) is 0 Å². The van der Waals surface area contributed by atoms with Crippen molar-refractivity contribution < 1.29 is 8.22 Å². The monoisotopic (exact) mass is 78.1 g/mol. The maximum absolute atomic E-state index is 6.99. The van der Waals surface area contributed by atoms with Gasteiger partial charge in [-0.25, -0.2) is 0 Å². The molecule has 0 unspecified atom stereocenters. The van der Waals surface area contributed by atoms with E-state index in [9.17, 15) is 0 Å². The van der Waals surface area contributed by atoms with E-state index >= 15 is 0 Å². The molecule has 0 heterocycles. The molecule has 5 heavy (non-hydrogen) atoms. The Morgan fingerprint density at radius 3 is 2.60 bits per heavy atom. The summed E-state index contributed by atoms with van der Waals surface area (Å²) in [5, 5.41) is 0. The largest absolute Gasteiger partial charge is 0.0604 e. The molecule has 0 aliphatic heterocycles. The van der Waals surface area contributed by atoms with Gasteiger partial charge in [0.25, 0.3) is 0 Å². The van der Waals surface area contributed by atoms with Crippen molar-refractivity contribution in [3.63, 3.8) is 0 Å². The fourth-order valence-corrected chi connectivity index (χ4v) is 0. The summed E-state index contributed by atoms with van der Waals surface area (Å²) >= 11 is 0. The fraction of sp³-hybridized carbons (Fsp3) is 1.00. The second kappa shape index (κ2) is 1.00. The highest BCUT2D eigenvalue weighted by molar-refractivity contribution is 4.47. The lowest BCUT2D eigenvalue weighted by atomic mass is 10.0. The van der Waals surface area contributed by atoms with Gasteiger partial charge in [0.15, 0.2) is 0 Å². The van der Waals surface area contributed by atoms with Gasteiger partial charge in [0, 0.05) is 8.22 Å². The van der Waals surface area contributed by atoms with Crippen molar-refractivity contribution in [3.05, 3.63) is 0 Å². The Morgan fingerprint density at radius 1 is 1.80 bits per heavy atom. The van der Waals surface area contributed by atoms with Gasteiger partial charge in [-0.2, -0.15) is 0 Å². The number of rotatable bonds is 0. The molecular formula is C5H12. The quantitative estimate of drug-likeness (QED) is 0.416. The van der Waals surface area contributed by atoms with E-state index in [2.05, 4.69) is 0 Å². The summed E-state index contributed by atoms with van der Waals surface area (Å²) < 4.78 is 41.9. The minimum Gasteiger partial charge on any atom is -0.0604 e. The predicted octanol–water partition coefficient (Wildman–Crippen LogP) is 2.05. The Labute approximate surface area is 42.6 Å². The molecule has 0 heteroatoms. The molecule has 0 nitrogen and oxygen atoms in total. The average molecular weight is 78.2 g/mol. The minimum absolute atomic E-state index is 0.416. The molecule has 0 N–H and O–H groups in total. The molecule has 0 amide bonds. The van der Waals surface area contributed by atoms with Crippen molar-refractivity contribution in [1.29, 1.82) is 0 Å². The molecule has 0 aliphatic rings. The summed E-state index contributed by atoms with van der Waals surface area (Å²) in [6.45, 7) is -3.01. The first-order valence-electron chi connectivity index (χ1n) is 4.75. The highest BCUT2D eigenvalue weighted by atomic mass is 14.0. The lowest BCUT2D eigenvalue weighted by Crippen LogP contribution is -1.93. The summed E-state index contributed by atoms with van der Waals surface area (Å²) in [6.07, 6.45) is 0. The summed E-state index contributed by atoms with van der Waals surface area (Å²) in [5.41, 5.74) is -1.52. The maximum Gasteiger partial charge on any atom is 0.0236 e. The van der Waals surface area contributed by atoms with E-state index in [4.69, 9.17) is 8.22 Å². The molecular weight excluding hydrogens is 60.1 g/mol. The van der Waals surface area contributed by atoms with Crippen LogP contribution in [0.25, 0.3) is 0 Å². The van der Waals surface area contributed by atoms with E-state index in [1.165, 1.54) is 6.92 Å². The second-order valence-corrected chi connectivity index (χ2v) is 1.42. The Hall–Kier alpha value is 0. The molecule has 0 rings (SSSR count). The standard InChI is InChI=1S/C5H12/c1-5(2,3)4/h1-4H3/i1D,2D2,3D3/t5-/m1/s1. The molecule has 0 aromatic rings. The minimum atomic E-state index is -2.39. The smallest absolute Gasteiger partial charge is 0.0236 e. The van der Waals surface area contributed by atoms with Crippen molar-refractivity contribution in [2.24, 2.45) is 5.41 Å². The number of hydrogen-bond donors (Lipinski definition) is 0. The summed E-state index contributed by atoms with van der Waals surface area (Å²) in [4.78, 5) is 0. The van der Waals surface area contributed by atoms with Crippen LogP contribution < -0.4 is 0 Å². The van der Waals surface area contributed by atoms with Gasteiger partial charge in [-0.1, -0.05) is 27.6 Å². The van der Waals surface area contributed by atoms with E-state index in [0.717, 1.165) is 0 Å². The van der Waals surface area contributed by atoms with E-state index < -0.39 is 26.0 Å². The zero-order valence-corrected chi connectivity index (χ0v) is 3.28. The third-order valence-corrected chi connectivity index (χ3v) is 0. The highest BCUT2D eigenvalue weighted by Crippen LogP contribution is 2.07. The predicted molar refractivity (Wildman–Crippen MR) is 25.1 cm³/mol. The van der Waals surface area contributed by atoms with Gasteiger partial charge in [-0.3, -0.25) is 0 Å². The van der Waals surface area contributed by atoms with Crippen LogP contribution in [0.1, 0.15) is 35.8 Å². The molecule has 32 valence electrons. The molecule has 0 aliphatic carbocycles. The van der Waals surface area contributed by atoms with Crippen LogP contribution in [0, 0.1) is 5.41 Å². The molecule has 0 saturated carbocycles. The fourth-order valence-electron chi connectivity index (χ4n) is 0. The third-order valence-electron chi connectivity index (χ3n) is 0. The SMILES string of the molecule is [2H]C[C@@](C)(C([2H])[2H])C([2H])([2H])[2H]. The van der Waals surface area contributed by atoms with Gasteiger partial charge in [-0.05, 0) is 5.41 Å². The molecule has 0 saturated heterocycles. The van der Waals surface area contributed by atoms with Crippen LogP contribution in [-0.2, 0) is 0 Å². The lowest BCUT2D eigenvalue weighted by Gasteiger charge is -2.05. The zero-order valence-electron chi connectivity index (χ0n) is 9.28. The van der Waals surface area contributed by atoms with E-state index in [1.807, 2.05) is 0 Å². The first kappa shape index (κ1) is 0.800. The normalized spacial score (nSPS) is 42.0. The summed E-state index contributed by atoms with van der Waals surface area (Å²) in [7, 11) is 0. The Balaban J connectivity index is 4.61. The van der Waals surface area contributed by atoms with Crippen LogP contribution in [0.2, 0.25) is 0 Å². The van der Waals surface area contributed by atoms with E-state index in [0.29, 0.717) is 0 Å².